The lowest BCUT2D eigenvalue weighted by Crippen LogP contribution is -2.29. The van der Waals surface area contributed by atoms with Gasteiger partial charge in [-0.15, -0.1) is 0 Å². The Balaban J connectivity index is 1.35. The summed E-state index contributed by atoms with van der Waals surface area (Å²) in [7, 11) is 0. The van der Waals surface area contributed by atoms with E-state index in [4.69, 9.17) is 9.47 Å². The second-order valence-electron chi connectivity index (χ2n) is 14.1. The third kappa shape index (κ3) is 5.14. The van der Waals surface area contributed by atoms with Gasteiger partial charge in [-0.05, 0) is 132 Å². The summed E-state index contributed by atoms with van der Waals surface area (Å²) in [6, 6.07) is 51.4. The molecule has 4 heteroatoms. The van der Waals surface area contributed by atoms with Crippen molar-refractivity contribution >= 4 is 49.1 Å². The SMILES string of the molecule is C=C(C)C(=O)Oc1ccc2cc(C3(c4ccc5cc(OC(O)C(=C)C)ccc5c4)c4ccc5ccccc5c4-c4ccc5ccccc5c43)ccc2c1. The van der Waals surface area contributed by atoms with Crippen LogP contribution in [0.25, 0.3) is 54.2 Å². The highest BCUT2D eigenvalue weighted by Gasteiger charge is 2.48. The smallest absolute Gasteiger partial charge is 0.338 e. The van der Waals surface area contributed by atoms with Gasteiger partial charge in [-0.25, -0.2) is 4.79 Å². The molecule has 0 bridgehead atoms. The molecular weight excluding hydrogens is 653 g/mol. The highest BCUT2D eigenvalue weighted by atomic mass is 16.6. The monoisotopic (exact) mass is 688 g/mol. The standard InChI is InChI=1S/C49H36O4/c1-29(2)47(50)52-39-21-15-33-25-37(19-13-35(33)27-39)49(38-20-14-36-28-40(22-16-34(36)26-38)53-48(51)30(3)4)44-24-18-31-9-5-7-11-41(31)45(44)43-23-17-32-10-6-8-12-42(32)46(43)49/h5-28,47,50H,1,3H2,2,4H3. The zero-order chi connectivity index (χ0) is 36.4. The second-order valence-corrected chi connectivity index (χ2v) is 14.1. The lowest BCUT2D eigenvalue weighted by molar-refractivity contribution is -0.130. The van der Waals surface area contributed by atoms with Crippen LogP contribution < -0.4 is 9.47 Å². The predicted molar refractivity (Wildman–Crippen MR) is 216 cm³/mol. The van der Waals surface area contributed by atoms with E-state index >= 15 is 0 Å². The number of ether oxygens (including phenoxy) is 2. The van der Waals surface area contributed by atoms with Crippen molar-refractivity contribution in [3.63, 3.8) is 0 Å². The van der Waals surface area contributed by atoms with Crippen LogP contribution in [-0.4, -0.2) is 17.4 Å². The van der Waals surface area contributed by atoms with E-state index < -0.39 is 17.7 Å². The van der Waals surface area contributed by atoms with E-state index in [0.717, 1.165) is 32.7 Å². The van der Waals surface area contributed by atoms with Crippen molar-refractivity contribution in [3.05, 3.63) is 192 Å². The molecule has 0 saturated heterocycles. The van der Waals surface area contributed by atoms with Gasteiger partial charge in [0.2, 0.25) is 6.29 Å². The number of carbonyl (C=O) groups excluding carboxylic acids is 1. The number of benzene rings is 8. The molecule has 0 aliphatic heterocycles. The zero-order valence-corrected chi connectivity index (χ0v) is 29.5. The Labute approximate surface area is 307 Å². The van der Waals surface area contributed by atoms with Crippen molar-refractivity contribution in [2.75, 3.05) is 0 Å². The quantitative estimate of drug-likeness (QED) is 0.0595. The average Bonchev–Trinajstić information content (AvgIpc) is 3.49. The molecule has 0 heterocycles. The van der Waals surface area contributed by atoms with Gasteiger partial charge in [0.05, 0.1) is 5.41 Å². The van der Waals surface area contributed by atoms with Crippen molar-refractivity contribution in [1.29, 1.82) is 0 Å². The summed E-state index contributed by atoms with van der Waals surface area (Å²) < 4.78 is 11.4. The molecule has 9 rings (SSSR count). The van der Waals surface area contributed by atoms with Gasteiger partial charge in [0.15, 0.2) is 0 Å². The maximum atomic E-state index is 12.4. The van der Waals surface area contributed by atoms with E-state index in [-0.39, 0.29) is 0 Å². The van der Waals surface area contributed by atoms with E-state index in [1.165, 1.54) is 43.8 Å². The number of esters is 1. The first kappa shape index (κ1) is 32.4. The van der Waals surface area contributed by atoms with Gasteiger partial charge in [0.1, 0.15) is 11.5 Å². The van der Waals surface area contributed by atoms with Crippen LogP contribution in [0.3, 0.4) is 0 Å². The van der Waals surface area contributed by atoms with Crippen LogP contribution >= 0.6 is 0 Å². The second kappa shape index (κ2) is 12.3. The summed E-state index contributed by atoms with van der Waals surface area (Å²) in [5, 5.41) is 19.2. The van der Waals surface area contributed by atoms with Gasteiger partial charge in [0, 0.05) is 5.57 Å². The van der Waals surface area contributed by atoms with Crippen molar-refractivity contribution < 1.29 is 19.4 Å². The highest BCUT2D eigenvalue weighted by Crippen LogP contribution is 2.60. The number of hydrogen-bond donors (Lipinski definition) is 1. The normalized spacial score (nSPS) is 15.3. The Kier molecular flexibility index (Phi) is 7.54. The van der Waals surface area contributed by atoms with Gasteiger partial charge in [-0.2, -0.15) is 0 Å². The molecule has 1 aliphatic rings. The summed E-state index contributed by atoms with van der Waals surface area (Å²) in [6.45, 7) is 10.9. The molecule has 0 radical (unpaired) electrons. The number of fused-ring (bicyclic) bond motifs is 9. The van der Waals surface area contributed by atoms with Crippen molar-refractivity contribution in [2.45, 2.75) is 25.6 Å². The fourth-order valence-electron chi connectivity index (χ4n) is 8.13. The van der Waals surface area contributed by atoms with E-state index in [1.54, 1.807) is 13.8 Å². The van der Waals surface area contributed by atoms with Crippen LogP contribution in [-0.2, 0) is 10.2 Å². The number of aliphatic hydroxyl groups is 1. The van der Waals surface area contributed by atoms with Crippen LogP contribution in [0.4, 0.5) is 0 Å². The summed E-state index contributed by atoms with van der Waals surface area (Å²) in [6.07, 6.45) is -1.08. The Morgan fingerprint density at radius 3 is 1.79 bits per heavy atom. The first-order valence-electron chi connectivity index (χ1n) is 17.7. The molecule has 8 aromatic carbocycles. The molecule has 4 nitrogen and oxygen atoms in total. The first-order chi connectivity index (χ1) is 25.7. The summed E-state index contributed by atoms with van der Waals surface area (Å²) >= 11 is 0. The fourth-order valence-corrected chi connectivity index (χ4v) is 8.13. The molecule has 2 atom stereocenters. The molecule has 256 valence electrons. The molecule has 53 heavy (non-hydrogen) atoms. The van der Waals surface area contributed by atoms with E-state index in [1.807, 2.05) is 30.3 Å². The van der Waals surface area contributed by atoms with Crippen molar-refractivity contribution in [3.8, 4) is 22.6 Å². The third-order valence-electron chi connectivity index (χ3n) is 10.6. The average molecular weight is 689 g/mol. The van der Waals surface area contributed by atoms with Gasteiger partial charge in [-0.1, -0.05) is 122 Å². The summed E-state index contributed by atoms with van der Waals surface area (Å²) in [5.74, 6) is 0.614. The Hall–Kier alpha value is -6.49. The molecule has 0 spiro atoms. The lowest BCUT2D eigenvalue weighted by atomic mass is 9.66. The Bertz CT molecular complexity index is 2850. The Morgan fingerprint density at radius 1 is 0.604 bits per heavy atom. The van der Waals surface area contributed by atoms with Gasteiger partial charge in [0.25, 0.3) is 0 Å². The molecule has 0 aromatic heterocycles. The van der Waals surface area contributed by atoms with Gasteiger partial charge >= 0.3 is 5.97 Å². The number of carbonyl (C=O) groups is 1. The van der Waals surface area contributed by atoms with Crippen LogP contribution in [0.5, 0.6) is 11.5 Å². The van der Waals surface area contributed by atoms with Crippen LogP contribution in [0.2, 0.25) is 0 Å². The number of aliphatic hydroxyl groups excluding tert-OH is 1. The fraction of sp³-hybridized carbons (Fsp3) is 0.0816. The molecule has 1 N–H and O–H groups in total. The first-order valence-corrected chi connectivity index (χ1v) is 17.7. The zero-order valence-electron chi connectivity index (χ0n) is 29.5. The molecule has 2 unspecified atom stereocenters. The third-order valence-corrected chi connectivity index (χ3v) is 10.6. The summed E-state index contributed by atoms with van der Waals surface area (Å²) in [4.78, 5) is 12.4. The highest BCUT2D eigenvalue weighted by molar-refractivity contribution is 6.09. The largest absolute Gasteiger partial charge is 0.461 e. The number of hydrogen-bond acceptors (Lipinski definition) is 4. The van der Waals surface area contributed by atoms with Crippen LogP contribution in [0.1, 0.15) is 36.1 Å². The Morgan fingerprint density at radius 2 is 1.13 bits per heavy atom. The maximum Gasteiger partial charge on any atom is 0.338 e. The molecule has 0 amide bonds. The summed E-state index contributed by atoms with van der Waals surface area (Å²) in [5.41, 5.74) is 7.39. The van der Waals surface area contributed by atoms with Crippen LogP contribution in [0, 0.1) is 0 Å². The van der Waals surface area contributed by atoms with Crippen molar-refractivity contribution in [1.82, 2.24) is 0 Å². The maximum absolute atomic E-state index is 12.4. The van der Waals surface area contributed by atoms with E-state index in [2.05, 4.69) is 128 Å². The van der Waals surface area contributed by atoms with Gasteiger partial charge < -0.3 is 14.6 Å². The molecule has 8 aromatic rings. The minimum Gasteiger partial charge on any atom is -0.461 e. The van der Waals surface area contributed by atoms with Crippen LogP contribution in [0.15, 0.2) is 170 Å². The van der Waals surface area contributed by atoms with Gasteiger partial charge in [-0.3, -0.25) is 0 Å². The van der Waals surface area contributed by atoms with Crippen molar-refractivity contribution in [2.24, 2.45) is 0 Å². The molecular formula is C49H36O4. The lowest BCUT2D eigenvalue weighted by Gasteiger charge is -2.35. The van der Waals surface area contributed by atoms with E-state index in [9.17, 15) is 9.90 Å². The predicted octanol–water partition coefficient (Wildman–Crippen LogP) is 11.4. The number of rotatable bonds is 7. The van der Waals surface area contributed by atoms with E-state index in [0.29, 0.717) is 22.6 Å². The minimum atomic E-state index is -1.08. The molecule has 1 aliphatic carbocycles. The molecule has 0 saturated carbocycles. The molecule has 0 fully saturated rings. The topological polar surface area (TPSA) is 55.8 Å². The minimum absolute atomic E-state index is 0.351.